The van der Waals surface area contributed by atoms with Gasteiger partial charge in [0.2, 0.25) is 5.88 Å². The number of urea groups is 1. The predicted molar refractivity (Wildman–Crippen MR) is 106 cm³/mol. The highest BCUT2D eigenvalue weighted by atomic mass is 19.4. The summed E-state index contributed by atoms with van der Waals surface area (Å²) in [6.07, 6.45) is -4.86. The SMILES string of the molecule is Cc1ccc(-c2ccc(OCCNC(=O)Nc3ccc(F)c(C(F)(F)F)c3)nn2)cc1. The third kappa shape index (κ3) is 6.14. The highest BCUT2D eigenvalue weighted by Gasteiger charge is 2.34. The van der Waals surface area contributed by atoms with Crippen LogP contribution in [0.1, 0.15) is 11.1 Å². The van der Waals surface area contributed by atoms with Gasteiger partial charge in [0, 0.05) is 17.3 Å². The lowest BCUT2D eigenvalue weighted by Gasteiger charge is -2.12. The van der Waals surface area contributed by atoms with Crippen molar-refractivity contribution in [3.05, 3.63) is 71.5 Å². The number of halogens is 4. The van der Waals surface area contributed by atoms with Crippen LogP contribution in [0.25, 0.3) is 11.3 Å². The fourth-order valence-electron chi connectivity index (χ4n) is 2.59. The third-order valence-electron chi connectivity index (χ3n) is 4.15. The topological polar surface area (TPSA) is 76.1 Å². The number of carbonyl (C=O) groups is 1. The van der Waals surface area contributed by atoms with Crippen LogP contribution in [-0.2, 0) is 6.18 Å². The van der Waals surface area contributed by atoms with E-state index in [0.717, 1.165) is 17.2 Å². The lowest BCUT2D eigenvalue weighted by molar-refractivity contribution is -0.139. The first-order valence-electron chi connectivity index (χ1n) is 9.17. The van der Waals surface area contributed by atoms with Crippen molar-refractivity contribution in [2.24, 2.45) is 0 Å². The van der Waals surface area contributed by atoms with Crippen LogP contribution in [0, 0.1) is 12.7 Å². The molecule has 0 aliphatic carbocycles. The van der Waals surface area contributed by atoms with Crippen molar-refractivity contribution in [3.63, 3.8) is 0 Å². The first-order valence-corrected chi connectivity index (χ1v) is 9.17. The van der Waals surface area contributed by atoms with Gasteiger partial charge in [-0.2, -0.15) is 13.2 Å². The van der Waals surface area contributed by atoms with E-state index in [0.29, 0.717) is 17.8 Å². The van der Waals surface area contributed by atoms with E-state index in [1.54, 1.807) is 12.1 Å². The van der Waals surface area contributed by atoms with Crippen LogP contribution in [0.4, 0.5) is 28.0 Å². The summed E-state index contributed by atoms with van der Waals surface area (Å²) < 4.78 is 56.8. The number of aryl methyl sites for hydroxylation is 1. The summed E-state index contributed by atoms with van der Waals surface area (Å²) in [7, 11) is 0. The minimum atomic E-state index is -4.86. The number of hydrogen-bond acceptors (Lipinski definition) is 4. The van der Waals surface area contributed by atoms with Gasteiger partial charge in [-0.1, -0.05) is 29.8 Å². The molecule has 0 saturated carbocycles. The van der Waals surface area contributed by atoms with Gasteiger partial charge in [0.1, 0.15) is 12.4 Å². The smallest absolute Gasteiger partial charge is 0.419 e. The second-order valence-electron chi connectivity index (χ2n) is 6.54. The number of nitrogens with zero attached hydrogens (tertiary/aromatic N) is 2. The minimum Gasteiger partial charge on any atom is -0.475 e. The monoisotopic (exact) mass is 434 g/mol. The van der Waals surface area contributed by atoms with Gasteiger partial charge >= 0.3 is 12.2 Å². The van der Waals surface area contributed by atoms with Gasteiger partial charge in [-0.15, -0.1) is 10.2 Å². The number of amides is 2. The molecule has 2 aromatic carbocycles. The summed E-state index contributed by atoms with van der Waals surface area (Å²) in [5.41, 5.74) is 1.08. The molecule has 0 aliphatic heterocycles. The molecule has 6 nitrogen and oxygen atoms in total. The molecule has 31 heavy (non-hydrogen) atoms. The lowest BCUT2D eigenvalue weighted by atomic mass is 10.1. The molecule has 0 atom stereocenters. The second-order valence-corrected chi connectivity index (χ2v) is 6.54. The van der Waals surface area contributed by atoms with E-state index in [2.05, 4.69) is 20.8 Å². The number of alkyl halides is 3. The fourth-order valence-corrected chi connectivity index (χ4v) is 2.59. The third-order valence-corrected chi connectivity index (χ3v) is 4.15. The van der Waals surface area contributed by atoms with E-state index in [1.807, 2.05) is 31.2 Å². The van der Waals surface area contributed by atoms with Crippen LogP contribution in [0.2, 0.25) is 0 Å². The molecule has 3 rings (SSSR count). The Hall–Kier alpha value is -3.69. The number of aromatic nitrogens is 2. The normalized spacial score (nSPS) is 11.1. The number of carbonyl (C=O) groups excluding carboxylic acids is 1. The van der Waals surface area contributed by atoms with Crippen LogP contribution in [0.5, 0.6) is 5.88 Å². The first-order chi connectivity index (χ1) is 14.7. The van der Waals surface area contributed by atoms with Crippen molar-refractivity contribution in [1.29, 1.82) is 0 Å². The lowest BCUT2D eigenvalue weighted by Crippen LogP contribution is -2.32. The molecule has 0 saturated heterocycles. The number of hydrogen-bond donors (Lipinski definition) is 2. The molecule has 0 fully saturated rings. The van der Waals surface area contributed by atoms with Gasteiger partial charge in [0.25, 0.3) is 0 Å². The summed E-state index contributed by atoms with van der Waals surface area (Å²) in [5.74, 6) is -1.16. The van der Waals surface area contributed by atoms with Gasteiger partial charge in [0.15, 0.2) is 0 Å². The average molecular weight is 434 g/mol. The van der Waals surface area contributed by atoms with E-state index in [4.69, 9.17) is 4.74 Å². The maximum absolute atomic E-state index is 13.3. The molecule has 0 aliphatic rings. The summed E-state index contributed by atoms with van der Waals surface area (Å²) in [6, 6.07) is 12.6. The first kappa shape index (κ1) is 22.0. The molecule has 10 heteroatoms. The molecule has 3 aromatic rings. The van der Waals surface area contributed by atoms with E-state index in [1.165, 1.54) is 0 Å². The van der Waals surface area contributed by atoms with Crippen molar-refractivity contribution in [1.82, 2.24) is 15.5 Å². The van der Waals surface area contributed by atoms with Crippen molar-refractivity contribution in [2.45, 2.75) is 13.1 Å². The highest BCUT2D eigenvalue weighted by Crippen LogP contribution is 2.32. The van der Waals surface area contributed by atoms with E-state index >= 15 is 0 Å². The standard InChI is InChI=1S/C21H18F4N4O2/c1-13-2-4-14(5-3-13)18-8-9-19(29-28-18)31-11-10-26-20(30)27-15-6-7-17(22)16(12-15)21(23,24)25/h2-9,12H,10-11H2,1H3,(H2,26,27,30). The number of nitrogens with one attached hydrogen (secondary N) is 2. The predicted octanol–water partition coefficient (Wildman–Crippen LogP) is 4.81. The molecule has 162 valence electrons. The Morgan fingerprint density at radius 1 is 1.03 bits per heavy atom. The quantitative estimate of drug-likeness (QED) is 0.431. The fraction of sp³-hybridized carbons (Fsp3) is 0.190. The largest absolute Gasteiger partial charge is 0.475 e. The van der Waals surface area contributed by atoms with Crippen LogP contribution < -0.4 is 15.4 Å². The zero-order valence-corrected chi connectivity index (χ0v) is 16.3. The molecule has 0 spiro atoms. The molecule has 1 aromatic heterocycles. The summed E-state index contributed by atoms with van der Waals surface area (Å²) in [6.45, 7) is 2.10. The van der Waals surface area contributed by atoms with Gasteiger partial charge in [-0.3, -0.25) is 0 Å². The van der Waals surface area contributed by atoms with Crippen molar-refractivity contribution in [2.75, 3.05) is 18.5 Å². The molecule has 2 N–H and O–H groups in total. The van der Waals surface area contributed by atoms with Gasteiger partial charge in [-0.05, 0) is 31.2 Å². The van der Waals surface area contributed by atoms with Crippen LogP contribution in [0.3, 0.4) is 0 Å². The summed E-state index contributed by atoms with van der Waals surface area (Å²) >= 11 is 0. The molecule has 0 bridgehead atoms. The molecule has 0 radical (unpaired) electrons. The summed E-state index contributed by atoms with van der Waals surface area (Å²) in [5, 5.41) is 12.7. The molecule has 2 amide bonds. The Balaban J connectivity index is 1.45. The Morgan fingerprint density at radius 2 is 1.77 bits per heavy atom. The van der Waals surface area contributed by atoms with E-state index < -0.39 is 23.6 Å². The maximum Gasteiger partial charge on any atom is 0.419 e. The summed E-state index contributed by atoms with van der Waals surface area (Å²) in [4.78, 5) is 11.8. The van der Waals surface area contributed by atoms with E-state index in [9.17, 15) is 22.4 Å². The molecular formula is C21H18F4N4O2. The number of rotatable bonds is 6. The number of ether oxygens (including phenoxy) is 1. The maximum atomic E-state index is 13.3. The van der Waals surface area contributed by atoms with Crippen molar-refractivity contribution >= 4 is 11.7 Å². The zero-order chi connectivity index (χ0) is 22.4. The van der Waals surface area contributed by atoms with Crippen molar-refractivity contribution in [3.8, 4) is 17.1 Å². The Bertz CT molecular complexity index is 1040. The van der Waals surface area contributed by atoms with Gasteiger partial charge in [-0.25, -0.2) is 9.18 Å². The van der Waals surface area contributed by atoms with Crippen LogP contribution >= 0.6 is 0 Å². The molecule has 1 heterocycles. The van der Waals surface area contributed by atoms with E-state index in [-0.39, 0.29) is 24.7 Å². The Labute approximate surface area is 175 Å². The van der Waals surface area contributed by atoms with Gasteiger partial charge < -0.3 is 15.4 Å². The number of benzene rings is 2. The molecule has 0 unspecified atom stereocenters. The number of anilines is 1. The van der Waals surface area contributed by atoms with Crippen LogP contribution in [0.15, 0.2) is 54.6 Å². The van der Waals surface area contributed by atoms with Crippen molar-refractivity contribution < 1.29 is 27.1 Å². The zero-order valence-electron chi connectivity index (χ0n) is 16.3. The molecular weight excluding hydrogens is 416 g/mol. The Morgan fingerprint density at radius 3 is 2.42 bits per heavy atom. The average Bonchev–Trinajstić information content (AvgIpc) is 2.73. The van der Waals surface area contributed by atoms with Gasteiger partial charge in [0.05, 0.1) is 17.8 Å². The Kier molecular flexibility index (Phi) is 6.68. The minimum absolute atomic E-state index is 0.0561. The van der Waals surface area contributed by atoms with Crippen LogP contribution in [-0.4, -0.2) is 29.4 Å². The second kappa shape index (κ2) is 9.41. The highest BCUT2D eigenvalue weighted by molar-refractivity contribution is 5.89.